The highest BCUT2D eigenvalue weighted by Crippen LogP contribution is 2.25. The Bertz CT molecular complexity index is 885. The van der Waals surface area contributed by atoms with Crippen LogP contribution < -0.4 is 10.2 Å². The third-order valence-electron chi connectivity index (χ3n) is 4.59. The lowest BCUT2D eigenvalue weighted by Crippen LogP contribution is -2.50. The van der Waals surface area contributed by atoms with Gasteiger partial charge in [-0.1, -0.05) is 30.3 Å². The fourth-order valence-electron chi connectivity index (χ4n) is 3.22. The predicted molar refractivity (Wildman–Crippen MR) is 97.5 cm³/mol. The van der Waals surface area contributed by atoms with Gasteiger partial charge in [0.25, 0.3) is 0 Å². The monoisotopic (exact) mass is 338 g/mol. The number of anilines is 2. The van der Waals surface area contributed by atoms with Gasteiger partial charge in [-0.2, -0.15) is 0 Å². The number of carbonyl (C=O) groups is 1. The largest absolute Gasteiger partial charge is 0.368 e. The topological polar surface area (TPSA) is 51.4 Å². The number of urea groups is 1. The molecule has 25 heavy (non-hydrogen) atoms. The maximum absolute atomic E-state index is 13.7. The minimum absolute atomic E-state index is 0.155. The van der Waals surface area contributed by atoms with Gasteiger partial charge in [-0.25, -0.2) is 9.18 Å². The summed E-state index contributed by atoms with van der Waals surface area (Å²) < 4.78 is 13.7. The average molecular weight is 338 g/mol. The van der Waals surface area contributed by atoms with Crippen LogP contribution in [0.15, 0.2) is 54.7 Å². The number of aromatic amines is 1. The summed E-state index contributed by atoms with van der Waals surface area (Å²) in [5.41, 5.74) is 2.19. The Labute approximate surface area is 145 Å². The number of hydrogen-bond donors (Lipinski definition) is 2. The average Bonchev–Trinajstić information content (AvgIpc) is 3.07. The third-order valence-corrected chi connectivity index (χ3v) is 4.59. The van der Waals surface area contributed by atoms with Gasteiger partial charge in [0.1, 0.15) is 5.82 Å². The summed E-state index contributed by atoms with van der Waals surface area (Å²) in [7, 11) is 0. The van der Waals surface area contributed by atoms with Crippen LogP contribution in [0.1, 0.15) is 0 Å². The smallest absolute Gasteiger partial charge is 0.322 e. The number of amides is 2. The van der Waals surface area contributed by atoms with E-state index in [0.29, 0.717) is 29.7 Å². The summed E-state index contributed by atoms with van der Waals surface area (Å²) in [6.07, 6.45) is 1.63. The van der Waals surface area contributed by atoms with E-state index in [0.717, 1.165) is 13.1 Å². The van der Waals surface area contributed by atoms with Crippen molar-refractivity contribution in [2.24, 2.45) is 0 Å². The SMILES string of the molecule is O=C(Nc1c[nH]c2c(F)cccc12)N1CCN(c2ccccc2)CC1. The van der Waals surface area contributed by atoms with Gasteiger partial charge >= 0.3 is 6.03 Å². The first-order valence-corrected chi connectivity index (χ1v) is 8.34. The Kier molecular flexibility index (Phi) is 4.01. The first-order chi connectivity index (χ1) is 12.2. The van der Waals surface area contributed by atoms with Crippen molar-refractivity contribution in [1.82, 2.24) is 9.88 Å². The molecule has 3 aromatic rings. The van der Waals surface area contributed by atoms with E-state index >= 15 is 0 Å². The van der Waals surface area contributed by atoms with Crippen LogP contribution in [0.3, 0.4) is 0 Å². The zero-order chi connectivity index (χ0) is 17.2. The summed E-state index contributed by atoms with van der Waals surface area (Å²) in [4.78, 5) is 19.5. The van der Waals surface area contributed by atoms with Crippen molar-refractivity contribution in [2.75, 3.05) is 36.4 Å². The molecule has 1 saturated heterocycles. The van der Waals surface area contributed by atoms with Crippen molar-refractivity contribution in [3.8, 4) is 0 Å². The Morgan fingerprint density at radius 3 is 2.52 bits per heavy atom. The zero-order valence-corrected chi connectivity index (χ0v) is 13.7. The number of piperazine rings is 1. The third kappa shape index (κ3) is 3.03. The molecule has 1 aliphatic rings. The molecule has 0 bridgehead atoms. The van der Waals surface area contributed by atoms with Crippen molar-refractivity contribution >= 4 is 28.3 Å². The number of nitrogens with zero attached hydrogens (tertiary/aromatic N) is 2. The number of carbonyl (C=O) groups excluding carboxylic acids is 1. The van der Waals surface area contributed by atoms with E-state index in [4.69, 9.17) is 0 Å². The van der Waals surface area contributed by atoms with Crippen molar-refractivity contribution in [2.45, 2.75) is 0 Å². The molecule has 5 nitrogen and oxygen atoms in total. The maximum atomic E-state index is 13.7. The highest BCUT2D eigenvalue weighted by Gasteiger charge is 2.22. The molecule has 128 valence electrons. The van der Waals surface area contributed by atoms with Crippen LogP contribution >= 0.6 is 0 Å². The Morgan fingerprint density at radius 2 is 1.76 bits per heavy atom. The lowest BCUT2D eigenvalue weighted by molar-refractivity contribution is 0.208. The van der Waals surface area contributed by atoms with Crippen molar-refractivity contribution < 1.29 is 9.18 Å². The van der Waals surface area contributed by atoms with Gasteiger partial charge in [-0.15, -0.1) is 0 Å². The van der Waals surface area contributed by atoms with Crippen LogP contribution in [0.25, 0.3) is 10.9 Å². The number of nitrogens with one attached hydrogen (secondary N) is 2. The number of para-hydroxylation sites is 2. The van der Waals surface area contributed by atoms with Gasteiger partial charge in [0.2, 0.25) is 0 Å². The minimum Gasteiger partial charge on any atom is -0.368 e. The van der Waals surface area contributed by atoms with Gasteiger partial charge in [0.15, 0.2) is 0 Å². The van der Waals surface area contributed by atoms with Crippen molar-refractivity contribution in [3.63, 3.8) is 0 Å². The number of aromatic nitrogens is 1. The van der Waals surface area contributed by atoms with Crippen molar-refractivity contribution in [3.05, 3.63) is 60.5 Å². The fraction of sp³-hybridized carbons (Fsp3) is 0.211. The summed E-state index contributed by atoms with van der Waals surface area (Å²) >= 11 is 0. The molecular weight excluding hydrogens is 319 g/mol. The molecule has 1 aromatic heterocycles. The molecule has 1 fully saturated rings. The summed E-state index contributed by atoms with van der Waals surface area (Å²) in [5, 5.41) is 3.56. The number of H-pyrrole nitrogens is 1. The normalized spacial score (nSPS) is 14.8. The minimum atomic E-state index is -0.325. The highest BCUT2D eigenvalue weighted by atomic mass is 19.1. The van der Waals surface area contributed by atoms with E-state index in [1.807, 2.05) is 18.2 Å². The predicted octanol–water partition coefficient (Wildman–Crippen LogP) is 3.66. The first kappa shape index (κ1) is 15.5. The number of fused-ring (bicyclic) bond motifs is 1. The summed E-state index contributed by atoms with van der Waals surface area (Å²) in [6, 6.07) is 14.9. The molecule has 0 aliphatic carbocycles. The molecule has 2 heterocycles. The van der Waals surface area contributed by atoms with Crippen molar-refractivity contribution in [1.29, 1.82) is 0 Å². The van der Waals surface area contributed by atoms with Gasteiger partial charge in [0.05, 0.1) is 11.2 Å². The quantitative estimate of drug-likeness (QED) is 0.749. The lowest BCUT2D eigenvalue weighted by Gasteiger charge is -2.36. The number of hydrogen-bond acceptors (Lipinski definition) is 2. The van der Waals surface area contributed by atoms with Crippen LogP contribution in [0.5, 0.6) is 0 Å². The summed E-state index contributed by atoms with van der Waals surface area (Å²) in [5.74, 6) is -0.325. The molecule has 2 aromatic carbocycles. The Balaban J connectivity index is 1.41. The number of rotatable bonds is 2. The molecule has 4 rings (SSSR count). The zero-order valence-electron chi connectivity index (χ0n) is 13.7. The standard InChI is InChI=1S/C19H19FN4O/c20-16-8-4-7-15-17(13-21-18(15)16)22-19(25)24-11-9-23(10-12-24)14-5-2-1-3-6-14/h1-8,13,21H,9-12H2,(H,22,25). The fourth-order valence-corrected chi connectivity index (χ4v) is 3.22. The maximum Gasteiger partial charge on any atom is 0.322 e. The number of benzene rings is 2. The molecule has 0 spiro atoms. The lowest BCUT2D eigenvalue weighted by atomic mass is 10.2. The van der Waals surface area contributed by atoms with Crippen LogP contribution in [-0.2, 0) is 0 Å². The van der Waals surface area contributed by atoms with Gasteiger partial charge in [-0.3, -0.25) is 0 Å². The molecule has 2 amide bonds. The Morgan fingerprint density at radius 1 is 1.00 bits per heavy atom. The van der Waals surface area contributed by atoms with Gasteiger partial charge < -0.3 is 20.1 Å². The van der Waals surface area contributed by atoms with E-state index in [-0.39, 0.29) is 11.8 Å². The van der Waals surface area contributed by atoms with E-state index < -0.39 is 0 Å². The van der Waals surface area contributed by atoms with E-state index in [2.05, 4.69) is 27.3 Å². The van der Waals surface area contributed by atoms with E-state index in [1.54, 1.807) is 23.2 Å². The van der Waals surface area contributed by atoms with Crippen LogP contribution in [0.2, 0.25) is 0 Å². The second-order valence-electron chi connectivity index (χ2n) is 6.10. The number of halogens is 1. The first-order valence-electron chi connectivity index (χ1n) is 8.34. The molecule has 0 atom stereocenters. The van der Waals surface area contributed by atoms with Crippen LogP contribution in [-0.4, -0.2) is 42.1 Å². The van der Waals surface area contributed by atoms with Gasteiger partial charge in [-0.05, 0) is 18.2 Å². The molecule has 0 radical (unpaired) electrons. The van der Waals surface area contributed by atoms with Crippen LogP contribution in [0, 0.1) is 5.82 Å². The molecular formula is C19H19FN4O. The molecule has 6 heteroatoms. The highest BCUT2D eigenvalue weighted by molar-refractivity contribution is 6.01. The van der Waals surface area contributed by atoms with Crippen LogP contribution in [0.4, 0.5) is 20.6 Å². The molecule has 1 aliphatic heterocycles. The van der Waals surface area contributed by atoms with E-state index in [9.17, 15) is 9.18 Å². The van der Waals surface area contributed by atoms with E-state index in [1.165, 1.54) is 11.8 Å². The molecule has 0 saturated carbocycles. The molecule has 0 unspecified atom stereocenters. The second kappa shape index (κ2) is 6.47. The van der Waals surface area contributed by atoms with Gasteiger partial charge in [0, 0.05) is 43.4 Å². The summed E-state index contributed by atoms with van der Waals surface area (Å²) in [6.45, 7) is 2.88. The molecule has 2 N–H and O–H groups in total. The Hall–Kier alpha value is -3.02. The second-order valence-corrected chi connectivity index (χ2v) is 6.10.